The second kappa shape index (κ2) is 11.0. The second-order valence-corrected chi connectivity index (χ2v) is 6.91. The Bertz CT molecular complexity index is 645. The first kappa shape index (κ1) is 22.2. The summed E-state index contributed by atoms with van der Waals surface area (Å²) in [5.74, 6) is 0.353. The SMILES string of the molecule is C=C(CC)/C(=C/CO)C(O)CC/C(=C/c1cc(C)c(O)c(C)c1)CCC. The average molecular weight is 359 g/mol. The van der Waals surface area contributed by atoms with Crippen molar-refractivity contribution in [3.63, 3.8) is 0 Å². The molecular formula is C23H34O3. The van der Waals surface area contributed by atoms with Crippen LogP contribution in [0.4, 0.5) is 0 Å². The van der Waals surface area contributed by atoms with Crippen LogP contribution in [0.15, 0.2) is 41.5 Å². The molecule has 1 rings (SSSR count). The normalized spacial score (nSPS) is 13.8. The molecule has 3 N–H and O–H groups in total. The van der Waals surface area contributed by atoms with Crippen LogP contribution in [0.5, 0.6) is 5.75 Å². The first-order chi connectivity index (χ1) is 12.3. The van der Waals surface area contributed by atoms with Crippen LogP contribution in [-0.4, -0.2) is 28.0 Å². The van der Waals surface area contributed by atoms with Gasteiger partial charge in [-0.1, -0.05) is 44.6 Å². The Kier molecular flexibility index (Phi) is 9.39. The van der Waals surface area contributed by atoms with Gasteiger partial charge in [-0.25, -0.2) is 0 Å². The standard InChI is InChI=1S/C23H34O3/c1-6-8-19(15-20-13-17(4)23(26)18(5)14-20)9-10-22(25)21(11-12-24)16(3)7-2/h11,13-15,22,24-26H,3,6-10,12H2,1-2,4-5H3/b19-15+,21-11-. The molecule has 0 aromatic heterocycles. The van der Waals surface area contributed by atoms with Gasteiger partial charge in [0.2, 0.25) is 0 Å². The third-order valence-electron chi connectivity index (χ3n) is 4.70. The average Bonchev–Trinajstić information content (AvgIpc) is 2.61. The van der Waals surface area contributed by atoms with Gasteiger partial charge in [0.05, 0.1) is 12.7 Å². The molecule has 1 aromatic rings. The molecule has 0 aliphatic carbocycles. The van der Waals surface area contributed by atoms with Crippen molar-refractivity contribution in [3.8, 4) is 5.75 Å². The number of phenolic OH excluding ortho intramolecular Hbond substituents is 1. The van der Waals surface area contributed by atoms with Crippen molar-refractivity contribution < 1.29 is 15.3 Å². The molecule has 1 aromatic carbocycles. The zero-order valence-corrected chi connectivity index (χ0v) is 16.7. The number of hydrogen-bond donors (Lipinski definition) is 3. The molecule has 0 saturated carbocycles. The smallest absolute Gasteiger partial charge is 0.121 e. The van der Waals surface area contributed by atoms with Gasteiger partial charge in [-0.3, -0.25) is 0 Å². The Labute approximate surface area is 158 Å². The van der Waals surface area contributed by atoms with Crippen molar-refractivity contribution in [2.24, 2.45) is 0 Å². The van der Waals surface area contributed by atoms with Gasteiger partial charge in [0.1, 0.15) is 5.75 Å². The number of rotatable bonds is 10. The maximum Gasteiger partial charge on any atom is 0.121 e. The molecule has 1 atom stereocenters. The number of aliphatic hydroxyl groups excluding tert-OH is 2. The van der Waals surface area contributed by atoms with Crippen molar-refractivity contribution in [2.75, 3.05) is 6.61 Å². The lowest BCUT2D eigenvalue weighted by atomic mass is 9.93. The molecule has 3 nitrogen and oxygen atoms in total. The summed E-state index contributed by atoms with van der Waals surface area (Å²) in [5.41, 5.74) is 5.74. The van der Waals surface area contributed by atoms with Crippen LogP contribution in [-0.2, 0) is 0 Å². The van der Waals surface area contributed by atoms with Gasteiger partial charge < -0.3 is 15.3 Å². The number of benzene rings is 1. The highest BCUT2D eigenvalue weighted by Crippen LogP contribution is 2.27. The monoisotopic (exact) mass is 358 g/mol. The summed E-state index contributed by atoms with van der Waals surface area (Å²) in [6.07, 6.45) is 7.37. The van der Waals surface area contributed by atoms with Crippen LogP contribution in [0.25, 0.3) is 6.08 Å². The fourth-order valence-electron chi connectivity index (χ4n) is 3.19. The van der Waals surface area contributed by atoms with Crippen molar-refractivity contribution in [1.29, 1.82) is 0 Å². The number of allylic oxidation sites excluding steroid dienone is 1. The van der Waals surface area contributed by atoms with Crippen LogP contribution >= 0.6 is 0 Å². The maximum atomic E-state index is 10.5. The second-order valence-electron chi connectivity index (χ2n) is 6.91. The summed E-state index contributed by atoms with van der Waals surface area (Å²) in [5, 5.41) is 29.7. The quantitative estimate of drug-likeness (QED) is 0.503. The lowest BCUT2D eigenvalue weighted by molar-refractivity contribution is 0.200. The van der Waals surface area contributed by atoms with Crippen LogP contribution in [0.3, 0.4) is 0 Å². The minimum absolute atomic E-state index is 0.0882. The highest BCUT2D eigenvalue weighted by molar-refractivity contribution is 5.58. The van der Waals surface area contributed by atoms with E-state index >= 15 is 0 Å². The molecule has 0 aliphatic heterocycles. The summed E-state index contributed by atoms with van der Waals surface area (Å²) in [6, 6.07) is 3.98. The van der Waals surface area contributed by atoms with E-state index in [9.17, 15) is 15.3 Å². The number of hydrogen-bond acceptors (Lipinski definition) is 3. The molecule has 0 radical (unpaired) electrons. The number of aliphatic hydroxyl groups is 2. The number of aryl methyl sites for hydroxylation is 2. The fraction of sp³-hybridized carbons (Fsp3) is 0.478. The minimum Gasteiger partial charge on any atom is -0.507 e. The van der Waals surface area contributed by atoms with Crippen LogP contribution < -0.4 is 0 Å². The van der Waals surface area contributed by atoms with Gasteiger partial charge in [0.25, 0.3) is 0 Å². The molecule has 0 heterocycles. The molecule has 26 heavy (non-hydrogen) atoms. The number of phenols is 1. The molecule has 1 unspecified atom stereocenters. The Balaban J connectivity index is 2.94. The van der Waals surface area contributed by atoms with Crippen molar-refractivity contribution >= 4 is 6.08 Å². The lowest BCUT2D eigenvalue weighted by Gasteiger charge is -2.18. The highest BCUT2D eigenvalue weighted by Gasteiger charge is 2.14. The molecule has 0 fully saturated rings. The maximum absolute atomic E-state index is 10.5. The van der Waals surface area contributed by atoms with E-state index in [1.165, 1.54) is 5.57 Å². The Morgan fingerprint density at radius 3 is 2.27 bits per heavy atom. The van der Waals surface area contributed by atoms with Crippen molar-refractivity contribution in [2.45, 2.75) is 65.9 Å². The summed E-state index contributed by atoms with van der Waals surface area (Å²) in [4.78, 5) is 0. The van der Waals surface area contributed by atoms with E-state index in [0.717, 1.165) is 53.5 Å². The first-order valence-electron chi connectivity index (χ1n) is 9.50. The predicted molar refractivity (Wildman–Crippen MR) is 110 cm³/mol. The minimum atomic E-state index is -0.613. The Morgan fingerprint density at radius 1 is 1.15 bits per heavy atom. The van der Waals surface area contributed by atoms with Crippen LogP contribution in [0, 0.1) is 13.8 Å². The first-order valence-corrected chi connectivity index (χ1v) is 9.50. The van der Waals surface area contributed by atoms with Gasteiger partial charge in [-0.15, -0.1) is 0 Å². The predicted octanol–water partition coefficient (Wildman–Crippen LogP) is 5.22. The summed E-state index contributed by atoms with van der Waals surface area (Å²) < 4.78 is 0. The highest BCUT2D eigenvalue weighted by atomic mass is 16.3. The fourth-order valence-corrected chi connectivity index (χ4v) is 3.19. The van der Waals surface area contributed by atoms with Gasteiger partial charge in [-0.05, 0) is 79.5 Å². The van der Waals surface area contributed by atoms with Crippen LogP contribution in [0.1, 0.15) is 62.6 Å². The molecule has 0 saturated heterocycles. The summed E-state index contributed by atoms with van der Waals surface area (Å²) in [6.45, 7) is 11.9. The van der Waals surface area contributed by atoms with Gasteiger partial charge in [-0.2, -0.15) is 0 Å². The zero-order valence-electron chi connectivity index (χ0n) is 16.7. The molecule has 0 bridgehead atoms. The van der Waals surface area contributed by atoms with Crippen LogP contribution in [0.2, 0.25) is 0 Å². The third kappa shape index (κ3) is 6.47. The van der Waals surface area contributed by atoms with E-state index in [2.05, 4.69) is 19.6 Å². The lowest BCUT2D eigenvalue weighted by Crippen LogP contribution is -2.13. The van der Waals surface area contributed by atoms with Gasteiger partial charge in [0, 0.05) is 0 Å². The molecule has 3 heteroatoms. The van der Waals surface area contributed by atoms with E-state index in [1.807, 2.05) is 32.9 Å². The molecule has 0 aliphatic rings. The van der Waals surface area contributed by atoms with E-state index in [0.29, 0.717) is 12.2 Å². The largest absolute Gasteiger partial charge is 0.507 e. The Hall–Kier alpha value is -1.84. The summed E-state index contributed by atoms with van der Waals surface area (Å²) in [7, 11) is 0. The van der Waals surface area contributed by atoms with Gasteiger partial charge in [0.15, 0.2) is 0 Å². The molecule has 0 amide bonds. The molecular weight excluding hydrogens is 324 g/mol. The zero-order chi connectivity index (χ0) is 19.7. The number of aromatic hydroxyl groups is 1. The van der Waals surface area contributed by atoms with E-state index in [4.69, 9.17) is 0 Å². The Morgan fingerprint density at radius 2 is 1.77 bits per heavy atom. The third-order valence-corrected chi connectivity index (χ3v) is 4.70. The summed E-state index contributed by atoms with van der Waals surface area (Å²) >= 11 is 0. The molecule has 0 spiro atoms. The molecule has 144 valence electrons. The van der Waals surface area contributed by atoms with E-state index < -0.39 is 6.10 Å². The van der Waals surface area contributed by atoms with E-state index in [1.54, 1.807) is 6.08 Å². The van der Waals surface area contributed by atoms with Crippen molar-refractivity contribution in [1.82, 2.24) is 0 Å². The van der Waals surface area contributed by atoms with Crippen molar-refractivity contribution in [3.05, 3.63) is 58.2 Å². The van der Waals surface area contributed by atoms with Gasteiger partial charge >= 0.3 is 0 Å². The van der Waals surface area contributed by atoms with E-state index in [-0.39, 0.29) is 6.61 Å². The topological polar surface area (TPSA) is 60.7 Å².